The Balaban J connectivity index is 2.64. The molecule has 0 bridgehead atoms. The molecule has 1 aliphatic carbocycles. The van der Waals surface area contributed by atoms with Crippen LogP contribution in [0.3, 0.4) is 0 Å². The average molecular weight is 296 g/mol. The predicted molar refractivity (Wildman–Crippen MR) is 96.0 cm³/mol. The van der Waals surface area contributed by atoms with E-state index in [4.69, 9.17) is 0 Å². The smallest absolute Gasteiger partial charge is 0.0319 e. The molecule has 0 N–H and O–H groups in total. The fraction of sp³-hybridized carbons (Fsp3) is 0.947. The van der Waals surface area contributed by atoms with Gasteiger partial charge >= 0.3 is 0 Å². The summed E-state index contributed by atoms with van der Waals surface area (Å²) in [6.07, 6.45) is 13.3. The van der Waals surface area contributed by atoms with Crippen LogP contribution in [0, 0.1) is 16.4 Å². The molecule has 1 heteroatoms. The van der Waals surface area contributed by atoms with Crippen molar-refractivity contribution in [2.45, 2.75) is 105 Å². The number of hydrogen-bond donors (Lipinski definition) is 0. The van der Waals surface area contributed by atoms with Crippen LogP contribution in [-0.2, 0) is 0 Å². The zero-order chi connectivity index (χ0) is 15.2. The van der Waals surface area contributed by atoms with Gasteiger partial charge in [0.2, 0.25) is 0 Å². The van der Waals surface area contributed by atoms with E-state index in [2.05, 4.69) is 41.5 Å². The van der Waals surface area contributed by atoms with E-state index in [0.29, 0.717) is 10.8 Å². The Morgan fingerprint density at radius 3 is 1.35 bits per heavy atom. The van der Waals surface area contributed by atoms with Crippen LogP contribution in [0.2, 0.25) is 5.54 Å². The van der Waals surface area contributed by atoms with Gasteiger partial charge in [0, 0.05) is 9.52 Å². The molecule has 0 heterocycles. The summed E-state index contributed by atoms with van der Waals surface area (Å²) in [6.45, 7) is 14.8. The first-order valence-corrected chi connectivity index (χ1v) is 10.6. The minimum Gasteiger partial charge on any atom is -0.0602 e. The second-order valence-corrected chi connectivity index (χ2v) is 11.4. The van der Waals surface area contributed by atoms with Gasteiger partial charge in [-0.1, -0.05) is 99.3 Å². The maximum Gasteiger partial charge on any atom is 0.0319 e. The molecule has 0 aliphatic heterocycles. The van der Waals surface area contributed by atoms with Crippen LogP contribution in [0.1, 0.15) is 99.3 Å². The Hall–Kier alpha value is 0.217. The van der Waals surface area contributed by atoms with Gasteiger partial charge in [-0.3, -0.25) is 0 Å². The fourth-order valence-corrected chi connectivity index (χ4v) is 6.87. The molecule has 119 valence electrons. The van der Waals surface area contributed by atoms with E-state index in [1.807, 2.05) is 5.54 Å². The molecule has 0 unspecified atom stereocenters. The van der Waals surface area contributed by atoms with Crippen LogP contribution in [0.15, 0.2) is 0 Å². The fourth-order valence-electron chi connectivity index (χ4n) is 4.16. The van der Waals surface area contributed by atoms with Crippen LogP contribution in [-0.4, -0.2) is 9.52 Å². The number of rotatable bonds is 2. The first-order valence-electron chi connectivity index (χ1n) is 9.05. The normalized spacial score (nSPS) is 21.8. The quantitative estimate of drug-likeness (QED) is 0.541. The van der Waals surface area contributed by atoms with Gasteiger partial charge in [-0.15, -0.1) is 0 Å². The molecule has 0 saturated heterocycles. The lowest BCUT2D eigenvalue weighted by Crippen LogP contribution is -2.34. The lowest BCUT2D eigenvalue weighted by molar-refractivity contribution is 0.231. The second-order valence-electron chi connectivity index (χ2n) is 9.21. The highest BCUT2D eigenvalue weighted by Gasteiger charge is 2.36. The highest BCUT2D eigenvalue weighted by Crippen LogP contribution is 2.46. The largest absolute Gasteiger partial charge is 0.0602 e. The predicted octanol–water partition coefficient (Wildman–Crippen LogP) is 6.09. The molecule has 0 aromatic rings. The Bertz CT molecular complexity index is 232. The van der Waals surface area contributed by atoms with Crippen molar-refractivity contribution in [3.8, 4) is 0 Å². The highest BCUT2D eigenvalue weighted by molar-refractivity contribution is 6.45. The maximum absolute atomic E-state index is 2.47. The van der Waals surface area contributed by atoms with E-state index in [0.717, 1.165) is 5.54 Å². The van der Waals surface area contributed by atoms with Gasteiger partial charge in [0.25, 0.3) is 0 Å². The van der Waals surface area contributed by atoms with Crippen molar-refractivity contribution in [1.82, 2.24) is 0 Å². The van der Waals surface area contributed by atoms with Crippen molar-refractivity contribution in [2.24, 2.45) is 10.8 Å². The summed E-state index contributed by atoms with van der Waals surface area (Å²) in [7, 11) is -0.0766. The molecular weight excluding hydrogens is 256 g/mol. The summed E-state index contributed by atoms with van der Waals surface area (Å²) >= 11 is 0. The Morgan fingerprint density at radius 2 is 1.00 bits per heavy atom. The van der Waals surface area contributed by atoms with Crippen molar-refractivity contribution in [1.29, 1.82) is 0 Å². The molecule has 0 aromatic carbocycles. The third-order valence-corrected chi connectivity index (χ3v) is 9.29. The van der Waals surface area contributed by atoms with Crippen molar-refractivity contribution in [3.05, 3.63) is 5.54 Å². The summed E-state index contributed by atoms with van der Waals surface area (Å²) in [4.78, 5) is 0. The third-order valence-electron chi connectivity index (χ3n) is 5.14. The lowest BCUT2D eigenvalue weighted by atomic mass is 9.77. The third kappa shape index (κ3) is 6.78. The minimum absolute atomic E-state index is 0.0766. The molecule has 0 amide bonds. The van der Waals surface area contributed by atoms with Gasteiger partial charge in [0.1, 0.15) is 0 Å². The van der Waals surface area contributed by atoms with Gasteiger partial charge < -0.3 is 0 Å². The standard InChI is InChI=1S/C19H39Si/c1-18(2,3)17(19(4,5)6)20-16-14-12-10-8-7-9-11-13-15-16/h17H,7-15,20H2,1-6H3. The van der Waals surface area contributed by atoms with Crippen molar-refractivity contribution < 1.29 is 0 Å². The monoisotopic (exact) mass is 295 g/mol. The van der Waals surface area contributed by atoms with Gasteiger partial charge in [-0.25, -0.2) is 0 Å². The van der Waals surface area contributed by atoms with Crippen LogP contribution in [0.25, 0.3) is 0 Å². The summed E-state index contributed by atoms with van der Waals surface area (Å²) in [5, 5.41) is 0. The molecule has 20 heavy (non-hydrogen) atoms. The van der Waals surface area contributed by atoms with E-state index in [-0.39, 0.29) is 9.52 Å². The molecule has 1 fully saturated rings. The molecular formula is C19H39Si. The molecule has 1 radical (unpaired) electrons. The molecule has 1 rings (SSSR count). The molecule has 0 atom stereocenters. The van der Waals surface area contributed by atoms with Gasteiger partial charge in [0.15, 0.2) is 0 Å². The zero-order valence-electron chi connectivity index (χ0n) is 15.1. The Labute approximate surface area is 131 Å². The summed E-state index contributed by atoms with van der Waals surface area (Å²) in [5.41, 5.74) is 3.91. The second kappa shape index (κ2) is 8.01. The van der Waals surface area contributed by atoms with E-state index < -0.39 is 0 Å². The van der Waals surface area contributed by atoms with Gasteiger partial charge in [0.05, 0.1) is 0 Å². The highest BCUT2D eigenvalue weighted by atomic mass is 28.2. The van der Waals surface area contributed by atoms with E-state index in [9.17, 15) is 0 Å². The minimum atomic E-state index is -0.0766. The van der Waals surface area contributed by atoms with Crippen molar-refractivity contribution in [2.75, 3.05) is 0 Å². The Kier molecular flexibility index (Phi) is 7.32. The maximum atomic E-state index is 2.47. The SMILES string of the molecule is CC(C)(C)C([SiH2][C]1CCCCCCCCC1)C(C)(C)C. The average Bonchev–Trinajstić information content (AvgIpc) is 2.30. The first kappa shape index (κ1) is 18.3. The van der Waals surface area contributed by atoms with E-state index in [1.54, 1.807) is 0 Å². The van der Waals surface area contributed by atoms with Gasteiger partial charge in [-0.05, 0) is 21.9 Å². The van der Waals surface area contributed by atoms with Crippen molar-refractivity contribution >= 4 is 9.52 Å². The molecule has 1 saturated carbocycles. The van der Waals surface area contributed by atoms with Crippen LogP contribution >= 0.6 is 0 Å². The molecule has 0 nitrogen and oxygen atoms in total. The van der Waals surface area contributed by atoms with Crippen molar-refractivity contribution in [3.63, 3.8) is 0 Å². The summed E-state index contributed by atoms with van der Waals surface area (Å²) in [5.74, 6) is 0. The Morgan fingerprint density at radius 1 is 0.650 bits per heavy atom. The van der Waals surface area contributed by atoms with E-state index in [1.165, 1.54) is 57.8 Å². The summed E-state index contributed by atoms with van der Waals surface area (Å²) < 4.78 is 0. The first-order chi connectivity index (χ1) is 9.21. The zero-order valence-corrected chi connectivity index (χ0v) is 16.6. The van der Waals surface area contributed by atoms with Crippen LogP contribution in [0.5, 0.6) is 0 Å². The molecule has 1 aliphatic rings. The lowest BCUT2D eigenvalue weighted by Gasteiger charge is -2.42. The number of hydrogen-bond acceptors (Lipinski definition) is 0. The molecule has 0 aromatic heterocycles. The van der Waals surface area contributed by atoms with Gasteiger partial charge in [-0.2, -0.15) is 0 Å². The van der Waals surface area contributed by atoms with Crippen LogP contribution < -0.4 is 0 Å². The summed E-state index contributed by atoms with van der Waals surface area (Å²) in [6, 6.07) is 0. The van der Waals surface area contributed by atoms with Crippen LogP contribution in [0.4, 0.5) is 0 Å². The van der Waals surface area contributed by atoms with E-state index >= 15 is 0 Å². The molecule has 0 spiro atoms. The topological polar surface area (TPSA) is 0 Å².